The van der Waals surface area contributed by atoms with Crippen molar-refractivity contribution in [3.63, 3.8) is 0 Å². The molecule has 0 aromatic heterocycles. The van der Waals surface area contributed by atoms with Crippen molar-refractivity contribution in [2.75, 3.05) is 27.2 Å². The van der Waals surface area contributed by atoms with E-state index >= 15 is 0 Å². The summed E-state index contributed by atoms with van der Waals surface area (Å²) in [5, 5.41) is 11.0. The smallest absolute Gasteiger partial charge is 0.290 e. The number of amides is 1. The van der Waals surface area contributed by atoms with E-state index < -0.39 is 17.7 Å². The zero-order valence-corrected chi connectivity index (χ0v) is 15.9. The van der Waals surface area contributed by atoms with Crippen LogP contribution in [0.1, 0.15) is 31.9 Å². The Bertz CT molecular complexity index is 680. The van der Waals surface area contributed by atoms with Gasteiger partial charge in [0.05, 0.1) is 11.6 Å². The Morgan fingerprint density at radius 3 is 2.40 bits per heavy atom. The molecule has 1 aromatic carbocycles. The molecular weight excluding hydrogens is 340 g/mol. The van der Waals surface area contributed by atoms with E-state index in [0.29, 0.717) is 11.6 Å². The SMILES string of the molecule is CC(C)C(=O)C1=C(O)C(=O)N(CCCN(C)C)C1c1ccc(Cl)cc1. The standard InChI is InChI=1S/C19H25ClN2O3/c1-12(2)17(23)15-16(13-6-8-14(20)9-7-13)22(19(25)18(15)24)11-5-10-21(3)4/h6-9,12,16,24H,5,10-11H2,1-4H3. The number of Topliss-reactive ketones (excluding diaryl/α,β-unsaturated/α-hetero) is 1. The molecule has 5 nitrogen and oxygen atoms in total. The molecule has 0 radical (unpaired) electrons. The van der Waals surface area contributed by atoms with Gasteiger partial charge in [-0.3, -0.25) is 9.59 Å². The van der Waals surface area contributed by atoms with E-state index in [1.807, 2.05) is 19.0 Å². The molecule has 0 saturated heterocycles. The lowest BCUT2D eigenvalue weighted by Crippen LogP contribution is -2.33. The third-order valence-corrected chi connectivity index (χ3v) is 4.54. The maximum absolute atomic E-state index is 12.6. The second kappa shape index (κ2) is 8.02. The summed E-state index contributed by atoms with van der Waals surface area (Å²) in [5.74, 6) is -1.42. The van der Waals surface area contributed by atoms with Crippen LogP contribution in [-0.4, -0.2) is 53.8 Å². The molecule has 1 heterocycles. The molecule has 1 atom stereocenters. The summed E-state index contributed by atoms with van der Waals surface area (Å²) >= 11 is 5.97. The number of nitrogens with zero attached hydrogens (tertiary/aromatic N) is 2. The average Bonchev–Trinajstić information content (AvgIpc) is 2.79. The number of carbonyl (C=O) groups excluding carboxylic acids is 2. The molecule has 1 aliphatic heterocycles. The minimum Gasteiger partial charge on any atom is -0.503 e. The largest absolute Gasteiger partial charge is 0.503 e. The first kappa shape index (κ1) is 19.5. The normalized spacial score (nSPS) is 18.0. The van der Waals surface area contributed by atoms with Gasteiger partial charge in [-0.1, -0.05) is 37.6 Å². The summed E-state index contributed by atoms with van der Waals surface area (Å²) in [7, 11) is 3.93. The van der Waals surface area contributed by atoms with Gasteiger partial charge in [0.15, 0.2) is 11.5 Å². The second-order valence-electron chi connectivity index (χ2n) is 6.89. The minimum atomic E-state index is -0.568. The van der Waals surface area contributed by atoms with Crippen molar-refractivity contribution in [1.29, 1.82) is 0 Å². The molecule has 1 aromatic rings. The van der Waals surface area contributed by atoms with E-state index in [-0.39, 0.29) is 17.3 Å². The van der Waals surface area contributed by atoms with Crippen LogP contribution in [0.4, 0.5) is 0 Å². The van der Waals surface area contributed by atoms with Crippen LogP contribution in [0.5, 0.6) is 0 Å². The highest BCUT2D eigenvalue weighted by Crippen LogP contribution is 2.39. The van der Waals surface area contributed by atoms with E-state index in [0.717, 1.165) is 18.5 Å². The zero-order chi connectivity index (χ0) is 18.7. The topological polar surface area (TPSA) is 60.9 Å². The third kappa shape index (κ3) is 4.22. The molecule has 6 heteroatoms. The number of hydrogen-bond acceptors (Lipinski definition) is 4. The van der Waals surface area contributed by atoms with Crippen molar-refractivity contribution in [3.05, 3.63) is 46.2 Å². The highest BCUT2D eigenvalue weighted by Gasteiger charge is 2.43. The monoisotopic (exact) mass is 364 g/mol. The van der Waals surface area contributed by atoms with Gasteiger partial charge in [-0.2, -0.15) is 0 Å². The van der Waals surface area contributed by atoms with Crippen LogP contribution in [0.2, 0.25) is 5.02 Å². The van der Waals surface area contributed by atoms with E-state index in [1.165, 1.54) is 0 Å². The fourth-order valence-corrected chi connectivity index (χ4v) is 3.12. The number of ketones is 1. The van der Waals surface area contributed by atoms with Gasteiger partial charge in [0, 0.05) is 17.5 Å². The molecule has 1 amide bonds. The Labute approximate surface area is 153 Å². The highest BCUT2D eigenvalue weighted by molar-refractivity contribution is 6.30. The quantitative estimate of drug-likeness (QED) is 0.807. The van der Waals surface area contributed by atoms with Crippen molar-refractivity contribution in [2.24, 2.45) is 5.92 Å². The van der Waals surface area contributed by atoms with Crippen molar-refractivity contribution < 1.29 is 14.7 Å². The Morgan fingerprint density at radius 2 is 1.88 bits per heavy atom. The van der Waals surface area contributed by atoms with Crippen molar-refractivity contribution >= 4 is 23.3 Å². The molecule has 0 aliphatic carbocycles. The molecule has 0 spiro atoms. The molecular formula is C19H25ClN2O3. The number of halogens is 1. The Hall–Kier alpha value is -1.85. The maximum Gasteiger partial charge on any atom is 0.290 e. The molecule has 0 saturated carbocycles. The molecule has 25 heavy (non-hydrogen) atoms. The van der Waals surface area contributed by atoms with Crippen LogP contribution in [-0.2, 0) is 9.59 Å². The maximum atomic E-state index is 12.6. The summed E-state index contributed by atoms with van der Waals surface area (Å²) < 4.78 is 0. The van der Waals surface area contributed by atoms with Crippen molar-refractivity contribution in [1.82, 2.24) is 9.80 Å². The van der Waals surface area contributed by atoms with Crippen LogP contribution < -0.4 is 0 Å². The summed E-state index contributed by atoms with van der Waals surface area (Å²) in [6.07, 6.45) is 0.749. The van der Waals surface area contributed by atoms with Crippen LogP contribution >= 0.6 is 11.6 Å². The molecule has 2 rings (SSSR count). The predicted octanol–water partition coefficient (Wildman–Crippen LogP) is 3.21. The molecule has 1 aliphatic rings. The lowest BCUT2D eigenvalue weighted by Gasteiger charge is -2.27. The first-order valence-corrected chi connectivity index (χ1v) is 8.80. The predicted molar refractivity (Wildman–Crippen MR) is 98.6 cm³/mol. The summed E-state index contributed by atoms with van der Waals surface area (Å²) in [6.45, 7) is 4.80. The number of carbonyl (C=O) groups is 2. The van der Waals surface area contributed by atoms with Gasteiger partial charge in [-0.05, 0) is 44.8 Å². The first-order valence-electron chi connectivity index (χ1n) is 8.42. The van der Waals surface area contributed by atoms with Gasteiger partial charge < -0.3 is 14.9 Å². The number of aliphatic hydroxyl groups excluding tert-OH is 1. The zero-order valence-electron chi connectivity index (χ0n) is 15.1. The van der Waals surface area contributed by atoms with Gasteiger partial charge in [-0.25, -0.2) is 0 Å². The Balaban J connectivity index is 2.40. The summed E-state index contributed by atoms with van der Waals surface area (Å²) in [4.78, 5) is 28.9. The number of aliphatic hydroxyl groups is 1. The minimum absolute atomic E-state index is 0.187. The number of hydrogen-bond donors (Lipinski definition) is 1. The molecule has 0 bridgehead atoms. The Morgan fingerprint density at radius 1 is 1.28 bits per heavy atom. The average molecular weight is 365 g/mol. The highest BCUT2D eigenvalue weighted by atomic mass is 35.5. The second-order valence-corrected chi connectivity index (χ2v) is 7.33. The number of benzene rings is 1. The van der Waals surface area contributed by atoms with Crippen molar-refractivity contribution in [3.8, 4) is 0 Å². The van der Waals surface area contributed by atoms with Gasteiger partial charge in [-0.15, -0.1) is 0 Å². The summed E-state index contributed by atoms with van der Waals surface area (Å²) in [6, 6.07) is 6.48. The fraction of sp³-hybridized carbons (Fsp3) is 0.474. The molecule has 1 unspecified atom stereocenters. The van der Waals surface area contributed by atoms with Crippen LogP contribution in [0.25, 0.3) is 0 Å². The number of rotatable bonds is 7. The van der Waals surface area contributed by atoms with Crippen molar-refractivity contribution in [2.45, 2.75) is 26.3 Å². The van der Waals surface area contributed by atoms with Gasteiger partial charge in [0.2, 0.25) is 0 Å². The summed E-state index contributed by atoms with van der Waals surface area (Å²) in [5.41, 5.74) is 0.961. The van der Waals surface area contributed by atoms with Crippen LogP contribution in [0, 0.1) is 5.92 Å². The van der Waals surface area contributed by atoms with Gasteiger partial charge >= 0.3 is 0 Å². The Kier molecular flexibility index (Phi) is 6.25. The van der Waals surface area contributed by atoms with Gasteiger partial charge in [0.25, 0.3) is 5.91 Å². The van der Waals surface area contributed by atoms with E-state index in [2.05, 4.69) is 0 Å². The lowest BCUT2D eigenvalue weighted by molar-refractivity contribution is -0.129. The molecule has 136 valence electrons. The third-order valence-electron chi connectivity index (χ3n) is 4.28. The van der Waals surface area contributed by atoms with E-state index in [1.54, 1.807) is 43.0 Å². The molecule has 1 N–H and O–H groups in total. The van der Waals surface area contributed by atoms with Crippen LogP contribution in [0.3, 0.4) is 0 Å². The van der Waals surface area contributed by atoms with Crippen LogP contribution in [0.15, 0.2) is 35.6 Å². The van der Waals surface area contributed by atoms with E-state index in [4.69, 9.17) is 11.6 Å². The van der Waals surface area contributed by atoms with E-state index in [9.17, 15) is 14.7 Å². The molecule has 0 fully saturated rings. The fourth-order valence-electron chi connectivity index (χ4n) is 3.00. The van der Waals surface area contributed by atoms with Gasteiger partial charge in [0.1, 0.15) is 0 Å². The lowest BCUT2D eigenvalue weighted by atomic mass is 9.91. The first-order chi connectivity index (χ1) is 11.7.